The number of carbonyl (C=O) groups is 1. The van der Waals surface area contributed by atoms with Gasteiger partial charge >= 0.3 is 0 Å². The number of nitrogens with one attached hydrogen (secondary N) is 1. The van der Waals surface area contributed by atoms with Gasteiger partial charge in [-0.15, -0.1) is 4.68 Å². The summed E-state index contributed by atoms with van der Waals surface area (Å²) in [5, 5.41) is 19.4. The number of sulfonamides is 1. The van der Waals surface area contributed by atoms with Gasteiger partial charge < -0.3 is 20.6 Å². The molecule has 0 spiro atoms. The zero-order chi connectivity index (χ0) is 43.7. The van der Waals surface area contributed by atoms with E-state index >= 15 is 0 Å². The highest BCUT2D eigenvalue weighted by Gasteiger charge is 2.18. The van der Waals surface area contributed by atoms with Gasteiger partial charge in [0.25, 0.3) is 22.3 Å². The van der Waals surface area contributed by atoms with Crippen molar-refractivity contribution in [3.05, 3.63) is 132 Å². The van der Waals surface area contributed by atoms with Crippen molar-refractivity contribution in [2.75, 3.05) is 17.3 Å². The minimum Gasteiger partial charge on any atom is -0.744 e. The van der Waals surface area contributed by atoms with Crippen molar-refractivity contribution in [2.24, 2.45) is 0 Å². The van der Waals surface area contributed by atoms with Crippen molar-refractivity contribution in [3.63, 3.8) is 0 Å². The molecule has 58 heavy (non-hydrogen) atoms. The molecule has 2 aromatic carbocycles. The van der Waals surface area contributed by atoms with E-state index in [2.05, 4.69) is 62.9 Å². The zero-order valence-electron chi connectivity index (χ0n) is 31.4. The first-order chi connectivity index (χ1) is 26.5. The molecule has 0 unspecified atom stereocenters. The summed E-state index contributed by atoms with van der Waals surface area (Å²) in [4.78, 5) is 17.5. The van der Waals surface area contributed by atoms with Crippen molar-refractivity contribution in [1.82, 2.24) is 24.5 Å². The maximum Gasteiger partial charge on any atom is 0.296 e. The Bertz CT molecular complexity index is 2430. The van der Waals surface area contributed by atoms with Crippen molar-refractivity contribution >= 4 is 91.7 Å². The zero-order valence-corrected chi connectivity index (χ0v) is 37.8. The lowest BCUT2D eigenvalue weighted by molar-refractivity contribution is -0.623. The van der Waals surface area contributed by atoms with Crippen LogP contribution in [0.3, 0.4) is 0 Å². The SMILES string of the molecule is Brc1ccn2ncnc2c1.C.Cc1cc(C)c(S(=O)(=O)NO)c(C)c1.Cc1cc(C)c(S(=O)(=O)[O-])c(C)c1.Nc1cc(Br)cc[n+]1N.Nc1cc(Br)ccn1.O=CO. The van der Waals surface area contributed by atoms with Gasteiger partial charge in [0.2, 0.25) is 0 Å². The Morgan fingerprint density at radius 3 is 1.64 bits per heavy atom. The quantitative estimate of drug-likeness (QED) is 0.0385. The van der Waals surface area contributed by atoms with E-state index in [-0.39, 0.29) is 23.7 Å². The molecule has 4 heterocycles. The number of anilines is 2. The molecule has 9 N–H and O–H groups in total. The summed E-state index contributed by atoms with van der Waals surface area (Å²) in [5.74, 6) is 6.43. The fraction of sp³-hybridized carbons (Fsp3) is 0.194. The molecule has 17 nitrogen and oxygen atoms in total. The van der Waals surface area contributed by atoms with E-state index in [0.717, 1.165) is 30.2 Å². The highest BCUT2D eigenvalue weighted by atomic mass is 79.9. The third kappa shape index (κ3) is 18.4. The van der Waals surface area contributed by atoms with Crippen LogP contribution in [0.15, 0.2) is 109 Å². The number of nitrogen functional groups attached to an aromatic ring is 3. The number of nitrogens with zero attached hydrogens (tertiary/aromatic N) is 5. The molecule has 6 aromatic rings. The number of hydrogen-bond acceptors (Lipinski definition) is 13. The minimum atomic E-state index is -4.33. The molecule has 0 aliphatic rings. The lowest BCUT2D eigenvalue weighted by Crippen LogP contribution is -2.46. The van der Waals surface area contributed by atoms with Crippen LogP contribution in [0.5, 0.6) is 0 Å². The molecule has 0 saturated carbocycles. The van der Waals surface area contributed by atoms with E-state index in [0.29, 0.717) is 33.9 Å². The van der Waals surface area contributed by atoms with Gasteiger partial charge in [-0.25, -0.2) is 31.3 Å². The lowest BCUT2D eigenvalue weighted by atomic mass is 10.1. The number of hydrogen-bond donors (Lipinski definition) is 6. The second-order valence-electron chi connectivity index (χ2n) is 11.6. The van der Waals surface area contributed by atoms with Gasteiger partial charge in [-0.2, -0.15) is 5.10 Å². The number of aromatic nitrogens is 5. The van der Waals surface area contributed by atoms with Crippen LogP contribution in [0.25, 0.3) is 5.65 Å². The first-order valence-corrected chi connectivity index (χ1v) is 21.1. The average molecular weight is 1040 g/mol. The molecule has 0 aliphatic carbocycles. The number of fused-ring (bicyclic) bond motifs is 1. The van der Waals surface area contributed by atoms with Gasteiger partial charge in [-0.3, -0.25) is 16.4 Å². The van der Waals surface area contributed by atoms with Gasteiger partial charge in [-0.1, -0.05) is 95.5 Å². The van der Waals surface area contributed by atoms with Crippen LogP contribution in [0, 0.1) is 41.5 Å². The van der Waals surface area contributed by atoms with Gasteiger partial charge in [0.05, 0.1) is 9.79 Å². The van der Waals surface area contributed by atoms with Crippen LogP contribution in [-0.2, 0) is 24.9 Å². The Hall–Kier alpha value is -4.55. The molecule has 0 aliphatic heterocycles. The Labute approximate surface area is 363 Å². The number of halogens is 3. The molecular formula is C36H46Br3N9O8S2. The van der Waals surface area contributed by atoms with Crippen LogP contribution in [0.2, 0.25) is 0 Å². The van der Waals surface area contributed by atoms with E-state index in [1.807, 2.05) is 44.3 Å². The van der Waals surface area contributed by atoms with Crippen molar-refractivity contribution < 1.29 is 41.2 Å². The molecule has 0 fully saturated rings. The number of nitrogens with two attached hydrogens (primary N) is 3. The summed E-state index contributed by atoms with van der Waals surface area (Å²) in [7, 11) is -8.10. The second kappa shape index (κ2) is 25.0. The van der Waals surface area contributed by atoms with Gasteiger partial charge in [-0.05, 0) is 94.1 Å². The number of carboxylic acid groups (broad SMARTS) is 1. The third-order valence-corrected chi connectivity index (χ3v) is 10.9. The third-order valence-electron chi connectivity index (χ3n) is 6.81. The molecular weight excluding hydrogens is 990 g/mol. The molecule has 0 bridgehead atoms. The maximum atomic E-state index is 11.4. The monoisotopic (exact) mass is 1030 g/mol. The highest BCUT2D eigenvalue weighted by molar-refractivity contribution is 9.11. The number of benzene rings is 2. The Morgan fingerprint density at radius 2 is 1.24 bits per heavy atom. The normalized spacial score (nSPS) is 10.2. The van der Waals surface area contributed by atoms with E-state index < -0.39 is 20.1 Å². The number of pyridine rings is 3. The molecule has 22 heteroatoms. The number of aryl methyl sites for hydroxylation is 6. The first-order valence-electron chi connectivity index (χ1n) is 15.9. The van der Waals surface area contributed by atoms with E-state index in [9.17, 15) is 21.4 Å². The van der Waals surface area contributed by atoms with E-state index in [4.69, 9.17) is 32.4 Å². The summed E-state index contributed by atoms with van der Waals surface area (Å²) >= 11 is 9.83. The van der Waals surface area contributed by atoms with Crippen molar-refractivity contribution in [2.45, 2.75) is 58.8 Å². The van der Waals surface area contributed by atoms with Gasteiger partial charge in [0, 0.05) is 31.9 Å². The second-order valence-corrected chi connectivity index (χ2v) is 17.3. The summed E-state index contributed by atoms with van der Waals surface area (Å²) in [5.41, 5.74) is 15.9. The summed E-state index contributed by atoms with van der Waals surface area (Å²) < 4.78 is 61.3. The van der Waals surface area contributed by atoms with Gasteiger partial charge in [0.1, 0.15) is 28.5 Å². The first kappa shape index (κ1) is 53.5. The largest absolute Gasteiger partial charge is 0.744 e. The lowest BCUT2D eigenvalue weighted by Gasteiger charge is -2.14. The Kier molecular flexibility index (Phi) is 23.1. The highest BCUT2D eigenvalue weighted by Crippen LogP contribution is 2.22. The smallest absolute Gasteiger partial charge is 0.296 e. The molecule has 6 rings (SSSR count). The van der Waals surface area contributed by atoms with Crippen LogP contribution in [-0.4, -0.2) is 57.8 Å². The van der Waals surface area contributed by atoms with Crippen LogP contribution >= 0.6 is 47.8 Å². The van der Waals surface area contributed by atoms with Crippen LogP contribution < -0.4 is 26.9 Å². The predicted octanol–water partition coefficient (Wildman–Crippen LogP) is 6.08. The molecule has 0 radical (unpaired) electrons. The van der Waals surface area contributed by atoms with Gasteiger partial charge in [0.15, 0.2) is 5.65 Å². The van der Waals surface area contributed by atoms with Crippen LogP contribution in [0.1, 0.15) is 40.8 Å². The Morgan fingerprint density at radius 1 is 0.776 bits per heavy atom. The number of rotatable bonds is 3. The van der Waals surface area contributed by atoms with Crippen molar-refractivity contribution in [3.8, 4) is 0 Å². The minimum absolute atomic E-state index is 0. The van der Waals surface area contributed by atoms with Crippen molar-refractivity contribution in [1.29, 1.82) is 0 Å². The average Bonchev–Trinajstić information content (AvgIpc) is 3.54. The molecule has 316 valence electrons. The standard InChI is InChI=1S/C9H13NO3S.C9H12O3S.C6H4BrN3.C5H6BrN3.C5H5BrN2.CH2O2.CH4/c1-6-4-7(2)9(8(3)5-6)14(12,13)10-11;1-6-4-7(2)9(8(3)5-6)13(10,11)12;7-5-1-2-10-6(3-5)8-4-9-10;6-4-1-2-9(8)5(7)3-4;6-4-1-2-8-5(7)3-4;2-1-3;/h4-5,10-11H,1-3H3;4-5H,1-3H3,(H,10,11,12);1-4H;1-3,7H,8H2;1-3H,(H2,7,8);1H,(H,2,3);1H4. The topological polar surface area (TPSA) is 286 Å². The summed E-state index contributed by atoms with van der Waals surface area (Å²) in [6, 6.07) is 17.9. The molecule has 0 saturated heterocycles. The summed E-state index contributed by atoms with van der Waals surface area (Å²) in [6.45, 7) is 10.2. The van der Waals surface area contributed by atoms with Crippen LogP contribution in [0.4, 0.5) is 11.6 Å². The van der Waals surface area contributed by atoms with E-state index in [1.54, 1.807) is 81.0 Å². The maximum absolute atomic E-state index is 11.4. The summed E-state index contributed by atoms with van der Waals surface area (Å²) in [6.07, 6.45) is 6.72. The molecule has 4 aromatic heterocycles. The molecule has 0 amide bonds. The predicted molar refractivity (Wildman–Crippen MR) is 233 cm³/mol. The Balaban J connectivity index is 0.000000693. The fourth-order valence-corrected chi connectivity index (χ4v) is 7.90. The fourth-order valence-electron chi connectivity index (χ4n) is 4.91. The van der Waals surface area contributed by atoms with E-state index in [1.165, 1.54) is 15.9 Å². The molecule has 0 atom stereocenters.